The van der Waals surface area contributed by atoms with E-state index in [1.165, 1.54) is 44.9 Å². The second kappa shape index (κ2) is 6.53. The molecule has 1 aromatic heterocycles. The number of piperidine rings is 1. The van der Waals surface area contributed by atoms with Crippen molar-refractivity contribution in [2.24, 2.45) is 0 Å². The average Bonchev–Trinajstić information content (AvgIpc) is 3.31. The summed E-state index contributed by atoms with van der Waals surface area (Å²) in [4.78, 5) is 2.47. The Balaban J connectivity index is 1.62. The van der Waals surface area contributed by atoms with Crippen LogP contribution in [0.1, 0.15) is 57.6 Å². The molecule has 1 N–H and O–H groups in total. The quantitative estimate of drug-likeness (QED) is 0.866. The summed E-state index contributed by atoms with van der Waals surface area (Å²) in [5, 5.41) is 12.3. The van der Waals surface area contributed by atoms with Gasteiger partial charge in [-0.15, -0.1) is 5.10 Å². The third-order valence-electron chi connectivity index (χ3n) is 4.40. The highest BCUT2D eigenvalue weighted by molar-refractivity contribution is 5.39. The molecule has 1 aromatic rings. The molecular formula is C16H26N4. The standard InChI is InChI=1S/C16H26N4/c1-2-5-15-6-3-4-11-20(15)16-10-9-14(18-19-16)12-17-13-7-8-13/h9-10,13,15,17H,2-8,11-12H2,1H3. The molecule has 0 spiro atoms. The Bertz CT molecular complexity index is 411. The van der Waals surface area contributed by atoms with Gasteiger partial charge in [-0.3, -0.25) is 0 Å². The summed E-state index contributed by atoms with van der Waals surface area (Å²) in [5.41, 5.74) is 1.06. The topological polar surface area (TPSA) is 41.0 Å². The van der Waals surface area contributed by atoms with Gasteiger partial charge in [0, 0.05) is 25.2 Å². The average molecular weight is 274 g/mol. The van der Waals surface area contributed by atoms with E-state index < -0.39 is 0 Å². The van der Waals surface area contributed by atoms with Crippen molar-refractivity contribution in [3.63, 3.8) is 0 Å². The number of hydrogen-bond acceptors (Lipinski definition) is 4. The van der Waals surface area contributed by atoms with Crippen LogP contribution in [0, 0.1) is 0 Å². The second-order valence-electron chi connectivity index (χ2n) is 6.17. The number of rotatable bonds is 6. The van der Waals surface area contributed by atoms with Crippen LogP contribution < -0.4 is 10.2 Å². The van der Waals surface area contributed by atoms with Crippen molar-refractivity contribution >= 4 is 5.82 Å². The minimum atomic E-state index is 0.665. The highest BCUT2D eigenvalue weighted by Gasteiger charge is 2.23. The Morgan fingerprint density at radius 1 is 1.20 bits per heavy atom. The van der Waals surface area contributed by atoms with E-state index in [4.69, 9.17) is 0 Å². The van der Waals surface area contributed by atoms with Crippen LogP contribution in [0.3, 0.4) is 0 Å². The first-order chi connectivity index (χ1) is 9.86. The third-order valence-corrected chi connectivity index (χ3v) is 4.40. The molecule has 2 fully saturated rings. The van der Waals surface area contributed by atoms with Gasteiger partial charge in [0.2, 0.25) is 0 Å². The summed E-state index contributed by atoms with van der Waals surface area (Å²) in [6.07, 6.45) is 9.10. The summed E-state index contributed by atoms with van der Waals surface area (Å²) < 4.78 is 0. The van der Waals surface area contributed by atoms with E-state index in [1.54, 1.807) is 0 Å². The largest absolute Gasteiger partial charge is 0.352 e. The molecule has 0 bridgehead atoms. The first-order valence-corrected chi connectivity index (χ1v) is 8.19. The highest BCUT2D eigenvalue weighted by Crippen LogP contribution is 2.25. The fraction of sp³-hybridized carbons (Fsp3) is 0.750. The maximum atomic E-state index is 4.47. The Morgan fingerprint density at radius 2 is 2.10 bits per heavy atom. The van der Waals surface area contributed by atoms with Gasteiger partial charge in [-0.1, -0.05) is 13.3 Å². The van der Waals surface area contributed by atoms with E-state index in [0.29, 0.717) is 6.04 Å². The second-order valence-corrected chi connectivity index (χ2v) is 6.17. The molecule has 110 valence electrons. The molecule has 2 aliphatic rings. The Hall–Kier alpha value is -1.16. The van der Waals surface area contributed by atoms with Gasteiger partial charge in [-0.25, -0.2) is 0 Å². The molecule has 2 heterocycles. The highest BCUT2D eigenvalue weighted by atomic mass is 15.3. The van der Waals surface area contributed by atoms with Crippen molar-refractivity contribution in [3.8, 4) is 0 Å². The number of anilines is 1. The van der Waals surface area contributed by atoms with Crippen LogP contribution in [0.2, 0.25) is 0 Å². The third kappa shape index (κ3) is 3.48. The summed E-state index contributed by atoms with van der Waals surface area (Å²) in [6.45, 7) is 4.26. The zero-order valence-electron chi connectivity index (χ0n) is 12.5. The van der Waals surface area contributed by atoms with Gasteiger partial charge in [-0.2, -0.15) is 5.10 Å². The molecule has 0 amide bonds. The predicted molar refractivity (Wildman–Crippen MR) is 81.8 cm³/mol. The lowest BCUT2D eigenvalue weighted by Gasteiger charge is -2.36. The molecule has 20 heavy (non-hydrogen) atoms. The van der Waals surface area contributed by atoms with Crippen LogP contribution in [0.25, 0.3) is 0 Å². The minimum Gasteiger partial charge on any atom is -0.352 e. The fourth-order valence-corrected chi connectivity index (χ4v) is 3.07. The van der Waals surface area contributed by atoms with Crippen LogP contribution in [-0.4, -0.2) is 28.8 Å². The predicted octanol–water partition coefficient (Wildman–Crippen LogP) is 2.89. The summed E-state index contributed by atoms with van der Waals surface area (Å²) >= 11 is 0. The maximum Gasteiger partial charge on any atom is 0.151 e. The maximum absolute atomic E-state index is 4.47. The van der Waals surface area contributed by atoms with E-state index in [2.05, 4.69) is 39.5 Å². The van der Waals surface area contributed by atoms with E-state index in [1.807, 2.05) is 0 Å². The van der Waals surface area contributed by atoms with Crippen molar-refractivity contribution < 1.29 is 0 Å². The minimum absolute atomic E-state index is 0.665. The van der Waals surface area contributed by atoms with E-state index >= 15 is 0 Å². The van der Waals surface area contributed by atoms with Crippen LogP contribution in [0.15, 0.2) is 12.1 Å². The van der Waals surface area contributed by atoms with Gasteiger partial charge in [0.15, 0.2) is 5.82 Å². The van der Waals surface area contributed by atoms with Crippen LogP contribution >= 0.6 is 0 Å². The van der Waals surface area contributed by atoms with Gasteiger partial charge in [0.25, 0.3) is 0 Å². The summed E-state index contributed by atoms with van der Waals surface area (Å²) in [7, 11) is 0. The smallest absolute Gasteiger partial charge is 0.151 e. The van der Waals surface area contributed by atoms with Gasteiger partial charge >= 0.3 is 0 Å². The zero-order valence-corrected chi connectivity index (χ0v) is 12.5. The number of nitrogens with one attached hydrogen (secondary N) is 1. The van der Waals surface area contributed by atoms with Gasteiger partial charge in [0.05, 0.1) is 5.69 Å². The van der Waals surface area contributed by atoms with E-state index in [0.717, 1.165) is 30.6 Å². The van der Waals surface area contributed by atoms with Crippen molar-refractivity contribution in [2.45, 2.75) is 70.5 Å². The molecule has 1 atom stereocenters. The molecule has 1 unspecified atom stereocenters. The molecule has 1 aliphatic heterocycles. The van der Waals surface area contributed by atoms with Crippen molar-refractivity contribution in [3.05, 3.63) is 17.8 Å². The number of aromatic nitrogens is 2. The fourth-order valence-electron chi connectivity index (χ4n) is 3.07. The van der Waals surface area contributed by atoms with Crippen LogP contribution in [0.4, 0.5) is 5.82 Å². The van der Waals surface area contributed by atoms with Crippen LogP contribution in [-0.2, 0) is 6.54 Å². The lowest BCUT2D eigenvalue weighted by Crippen LogP contribution is -2.40. The van der Waals surface area contributed by atoms with Crippen molar-refractivity contribution in [2.75, 3.05) is 11.4 Å². The molecular weight excluding hydrogens is 248 g/mol. The van der Waals surface area contributed by atoms with Crippen LogP contribution in [0.5, 0.6) is 0 Å². The first-order valence-electron chi connectivity index (χ1n) is 8.19. The van der Waals surface area contributed by atoms with Gasteiger partial charge in [0.1, 0.15) is 0 Å². The molecule has 1 saturated heterocycles. The molecule has 0 aromatic carbocycles. The first kappa shape index (κ1) is 13.8. The molecule has 4 nitrogen and oxygen atoms in total. The van der Waals surface area contributed by atoms with E-state index in [-0.39, 0.29) is 0 Å². The molecule has 4 heteroatoms. The lowest BCUT2D eigenvalue weighted by molar-refractivity contribution is 0.430. The Kier molecular flexibility index (Phi) is 4.51. The van der Waals surface area contributed by atoms with Gasteiger partial charge < -0.3 is 10.2 Å². The SMILES string of the molecule is CCCC1CCCCN1c1ccc(CNC2CC2)nn1. The number of hydrogen-bond donors (Lipinski definition) is 1. The molecule has 3 rings (SSSR count). The molecule has 0 radical (unpaired) electrons. The van der Waals surface area contributed by atoms with Crippen molar-refractivity contribution in [1.82, 2.24) is 15.5 Å². The summed E-state index contributed by atoms with van der Waals surface area (Å²) in [5.74, 6) is 1.07. The number of nitrogens with zero attached hydrogens (tertiary/aromatic N) is 3. The molecule has 1 saturated carbocycles. The Labute approximate surface area is 122 Å². The monoisotopic (exact) mass is 274 g/mol. The summed E-state index contributed by atoms with van der Waals surface area (Å²) in [6, 6.07) is 5.69. The molecule has 1 aliphatic carbocycles. The normalized spacial score (nSPS) is 23.1. The van der Waals surface area contributed by atoms with Gasteiger partial charge in [-0.05, 0) is 50.7 Å². The van der Waals surface area contributed by atoms with E-state index in [9.17, 15) is 0 Å². The Morgan fingerprint density at radius 3 is 2.80 bits per heavy atom. The van der Waals surface area contributed by atoms with Crippen molar-refractivity contribution in [1.29, 1.82) is 0 Å². The zero-order chi connectivity index (χ0) is 13.8. The lowest BCUT2D eigenvalue weighted by atomic mass is 9.98.